The summed E-state index contributed by atoms with van der Waals surface area (Å²) in [7, 11) is 0. The van der Waals surface area contributed by atoms with Gasteiger partial charge in [0.15, 0.2) is 0 Å². The summed E-state index contributed by atoms with van der Waals surface area (Å²) >= 11 is 0. The molecule has 0 spiro atoms. The molecule has 0 radical (unpaired) electrons. The molecule has 0 aromatic carbocycles. The van der Waals surface area contributed by atoms with Gasteiger partial charge in [0.1, 0.15) is 0 Å². The van der Waals surface area contributed by atoms with Gasteiger partial charge in [0.05, 0.1) is 5.41 Å². The highest BCUT2D eigenvalue weighted by molar-refractivity contribution is 5.82. The average Bonchev–Trinajstić information content (AvgIpc) is 2.66. The van der Waals surface area contributed by atoms with Crippen LogP contribution >= 0.6 is 0 Å². The summed E-state index contributed by atoms with van der Waals surface area (Å²) in [5.41, 5.74) is -0.202. The number of unbranched alkanes of at least 4 members (excludes halogenated alkanes) is 2. The molecule has 1 aliphatic heterocycles. The fraction of sp³-hybridized carbons (Fsp3) is 0.750. The Hall–Kier alpha value is -1.01. The third-order valence-corrected chi connectivity index (χ3v) is 2.95. The van der Waals surface area contributed by atoms with E-state index in [1.165, 1.54) is 0 Å². The molecule has 2 N–H and O–H groups in total. The lowest BCUT2D eigenvalue weighted by atomic mass is 9.89. The maximum Gasteiger partial charge on any atom is 0.227 e. The van der Waals surface area contributed by atoms with Crippen LogP contribution in [0.1, 0.15) is 32.6 Å². The SMILES string of the molecule is C#CCCCCNC(=O)C1(C)CCNC1. The topological polar surface area (TPSA) is 41.1 Å². The van der Waals surface area contributed by atoms with Crippen LogP contribution in [0.2, 0.25) is 0 Å². The van der Waals surface area contributed by atoms with Gasteiger partial charge < -0.3 is 10.6 Å². The zero-order chi connectivity index (χ0) is 11.1. The van der Waals surface area contributed by atoms with Gasteiger partial charge in [0.2, 0.25) is 5.91 Å². The van der Waals surface area contributed by atoms with E-state index in [0.717, 1.165) is 45.3 Å². The summed E-state index contributed by atoms with van der Waals surface area (Å²) in [6.45, 7) is 4.50. The predicted molar refractivity (Wildman–Crippen MR) is 61.3 cm³/mol. The maximum absolute atomic E-state index is 11.8. The molecule has 0 bridgehead atoms. The first-order valence-electron chi connectivity index (χ1n) is 5.61. The van der Waals surface area contributed by atoms with E-state index < -0.39 is 0 Å². The first-order valence-corrected chi connectivity index (χ1v) is 5.61. The number of nitrogens with one attached hydrogen (secondary N) is 2. The molecule has 1 aliphatic rings. The highest BCUT2D eigenvalue weighted by Gasteiger charge is 2.35. The van der Waals surface area contributed by atoms with Crippen molar-refractivity contribution in [3.63, 3.8) is 0 Å². The van der Waals surface area contributed by atoms with Gasteiger partial charge >= 0.3 is 0 Å². The second-order valence-corrected chi connectivity index (χ2v) is 4.40. The molecule has 15 heavy (non-hydrogen) atoms. The van der Waals surface area contributed by atoms with Crippen molar-refractivity contribution in [3.05, 3.63) is 0 Å². The van der Waals surface area contributed by atoms with E-state index in [-0.39, 0.29) is 11.3 Å². The number of carbonyl (C=O) groups excluding carboxylic acids is 1. The monoisotopic (exact) mass is 208 g/mol. The molecule has 1 heterocycles. The molecule has 0 aliphatic carbocycles. The lowest BCUT2D eigenvalue weighted by Crippen LogP contribution is -2.40. The normalized spacial score (nSPS) is 24.8. The van der Waals surface area contributed by atoms with E-state index >= 15 is 0 Å². The van der Waals surface area contributed by atoms with Crippen LogP contribution in [0.15, 0.2) is 0 Å². The molecular formula is C12H20N2O. The zero-order valence-corrected chi connectivity index (χ0v) is 9.44. The van der Waals surface area contributed by atoms with Crippen molar-refractivity contribution in [2.24, 2.45) is 5.41 Å². The van der Waals surface area contributed by atoms with E-state index in [1.54, 1.807) is 0 Å². The van der Waals surface area contributed by atoms with Gasteiger partial charge in [-0.1, -0.05) is 0 Å². The van der Waals surface area contributed by atoms with Crippen molar-refractivity contribution in [1.29, 1.82) is 0 Å². The van der Waals surface area contributed by atoms with Crippen LogP contribution in [0.5, 0.6) is 0 Å². The van der Waals surface area contributed by atoms with Gasteiger partial charge in [-0.25, -0.2) is 0 Å². The summed E-state index contributed by atoms with van der Waals surface area (Å²) in [6.07, 6.45) is 8.84. The van der Waals surface area contributed by atoms with E-state index in [1.807, 2.05) is 6.92 Å². The third kappa shape index (κ3) is 3.56. The smallest absolute Gasteiger partial charge is 0.227 e. The van der Waals surface area contributed by atoms with E-state index in [9.17, 15) is 4.79 Å². The van der Waals surface area contributed by atoms with Crippen molar-refractivity contribution >= 4 is 5.91 Å². The van der Waals surface area contributed by atoms with Crippen LogP contribution in [0.3, 0.4) is 0 Å². The van der Waals surface area contributed by atoms with Crippen molar-refractivity contribution in [3.8, 4) is 12.3 Å². The molecule has 1 unspecified atom stereocenters. The molecule has 0 aromatic heterocycles. The standard InChI is InChI=1S/C12H20N2O/c1-3-4-5-6-8-14-11(15)12(2)7-9-13-10-12/h1,13H,4-10H2,2H3,(H,14,15). The minimum absolute atomic E-state index is 0.174. The van der Waals surface area contributed by atoms with Gasteiger partial charge in [0, 0.05) is 19.5 Å². The van der Waals surface area contributed by atoms with Gasteiger partial charge in [-0.15, -0.1) is 12.3 Å². The van der Waals surface area contributed by atoms with Crippen molar-refractivity contribution in [1.82, 2.24) is 10.6 Å². The van der Waals surface area contributed by atoms with E-state index in [2.05, 4.69) is 16.6 Å². The number of amides is 1. The van der Waals surface area contributed by atoms with Crippen molar-refractivity contribution in [2.45, 2.75) is 32.6 Å². The Balaban J connectivity index is 2.16. The van der Waals surface area contributed by atoms with Crippen molar-refractivity contribution < 1.29 is 4.79 Å². The Morgan fingerprint density at radius 1 is 1.60 bits per heavy atom. The fourth-order valence-corrected chi connectivity index (χ4v) is 1.78. The van der Waals surface area contributed by atoms with Gasteiger partial charge in [-0.2, -0.15) is 0 Å². The Kier molecular flexibility index (Phi) is 4.64. The van der Waals surface area contributed by atoms with E-state index in [4.69, 9.17) is 6.42 Å². The lowest BCUT2D eigenvalue weighted by molar-refractivity contribution is -0.129. The largest absolute Gasteiger partial charge is 0.356 e. The lowest BCUT2D eigenvalue weighted by Gasteiger charge is -2.21. The molecule has 84 valence electrons. The first kappa shape index (κ1) is 12.1. The van der Waals surface area contributed by atoms with Crippen LogP contribution < -0.4 is 10.6 Å². The number of terminal acetylenes is 1. The van der Waals surface area contributed by atoms with Gasteiger partial charge in [-0.05, 0) is 32.7 Å². The fourth-order valence-electron chi connectivity index (χ4n) is 1.78. The highest BCUT2D eigenvalue weighted by Crippen LogP contribution is 2.24. The zero-order valence-electron chi connectivity index (χ0n) is 9.44. The second kappa shape index (κ2) is 5.77. The summed E-state index contributed by atoms with van der Waals surface area (Å²) in [5, 5.41) is 6.19. The third-order valence-electron chi connectivity index (χ3n) is 2.95. The molecule has 3 heteroatoms. The molecule has 0 saturated carbocycles. The number of hydrogen-bond acceptors (Lipinski definition) is 2. The van der Waals surface area contributed by atoms with E-state index in [0.29, 0.717) is 0 Å². The molecule has 1 atom stereocenters. The summed E-state index contributed by atoms with van der Waals surface area (Å²) < 4.78 is 0. The number of rotatable bonds is 5. The quantitative estimate of drug-likeness (QED) is 0.521. The Labute approximate surface area is 92.0 Å². The van der Waals surface area contributed by atoms with Crippen LogP contribution in [0.4, 0.5) is 0 Å². The Bertz CT molecular complexity index is 249. The summed E-state index contributed by atoms with van der Waals surface area (Å²) in [6, 6.07) is 0. The molecule has 3 nitrogen and oxygen atoms in total. The summed E-state index contributed by atoms with van der Waals surface area (Å²) in [5.74, 6) is 2.77. The second-order valence-electron chi connectivity index (χ2n) is 4.40. The first-order chi connectivity index (χ1) is 7.19. The van der Waals surface area contributed by atoms with Crippen LogP contribution in [-0.4, -0.2) is 25.5 Å². The minimum atomic E-state index is -0.202. The number of carbonyl (C=O) groups is 1. The highest BCUT2D eigenvalue weighted by atomic mass is 16.2. The van der Waals surface area contributed by atoms with Crippen LogP contribution in [-0.2, 0) is 4.79 Å². The Morgan fingerprint density at radius 3 is 3.00 bits per heavy atom. The van der Waals surface area contributed by atoms with Gasteiger partial charge in [0.25, 0.3) is 0 Å². The molecule has 1 rings (SSSR count). The molecule has 1 saturated heterocycles. The molecule has 0 aromatic rings. The molecular weight excluding hydrogens is 188 g/mol. The average molecular weight is 208 g/mol. The summed E-state index contributed by atoms with van der Waals surface area (Å²) in [4.78, 5) is 11.8. The Morgan fingerprint density at radius 2 is 2.40 bits per heavy atom. The predicted octanol–water partition coefficient (Wildman–Crippen LogP) is 0.906. The van der Waals surface area contributed by atoms with Crippen LogP contribution in [0, 0.1) is 17.8 Å². The molecule has 1 fully saturated rings. The van der Waals surface area contributed by atoms with Crippen molar-refractivity contribution in [2.75, 3.05) is 19.6 Å². The van der Waals surface area contributed by atoms with Crippen LogP contribution in [0.25, 0.3) is 0 Å². The minimum Gasteiger partial charge on any atom is -0.356 e. The molecule has 1 amide bonds. The maximum atomic E-state index is 11.8. The van der Waals surface area contributed by atoms with Gasteiger partial charge in [-0.3, -0.25) is 4.79 Å². The number of hydrogen-bond donors (Lipinski definition) is 2.